The zero-order valence-corrected chi connectivity index (χ0v) is 16.7. The fourth-order valence-corrected chi connectivity index (χ4v) is 4.34. The highest BCUT2D eigenvalue weighted by Gasteiger charge is 2.50. The van der Waals surface area contributed by atoms with Crippen LogP contribution in [-0.4, -0.2) is 30.2 Å². The van der Waals surface area contributed by atoms with E-state index in [4.69, 9.17) is 4.74 Å². The molecule has 6 heteroatoms. The second kappa shape index (κ2) is 8.22. The molecule has 2 amide bonds. The fourth-order valence-electron chi connectivity index (χ4n) is 4.34. The molecule has 1 saturated heterocycles. The highest BCUT2D eigenvalue weighted by atomic mass is 16.5. The van der Waals surface area contributed by atoms with Gasteiger partial charge in [0.15, 0.2) is 12.4 Å². The molecule has 154 valence electrons. The standard InChI is InChI=1S/C24H23NO5/c1-15-10-11-19-20(12-15)23(28)25(22(19)27)18-9-5-8-17(13-18)24(29)30-14-21(26)16-6-3-2-4-7-16/h2-9,13,15,19-20H,10-12,14H2,1H3/t15-,19-,20+/m0/s1. The molecule has 0 aromatic heterocycles. The highest BCUT2D eigenvalue weighted by molar-refractivity contribution is 6.22. The molecule has 0 bridgehead atoms. The average molecular weight is 405 g/mol. The third-order valence-electron chi connectivity index (χ3n) is 5.96. The van der Waals surface area contributed by atoms with Crippen molar-refractivity contribution < 1.29 is 23.9 Å². The minimum absolute atomic E-state index is 0.192. The van der Waals surface area contributed by atoms with Crippen molar-refractivity contribution in [3.63, 3.8) is 0 Å². The minimum atomic E-state index is -0.675. The van der Waals surface area contributed by atoms with Crippen molar-refractivity contribution in [1.82, 2.24) is 0 Å². The Bertz CT molecular complexity index is 1000. The number of ketones is 1. The molecule has 2 aromatic rings. The van der Waals surface area contributed by atoms with Crippen molar-refractivity contribution in [2.75, 3.05) is 11.5 Å². The Labute approximate surface area is 174 Å². The molecule has 2 aliphatic rings. The number of nitrogens with zero attached hydrogens (tertiary/aromatic N) is 1. The first-order chi connectivity index (χ1) is 14.5. The summed E-state index contributed by atoms with van der Waals surface area (Å²) in [6.07, 6.45) is 2.38. The smallest absolute Gasteiger partial charge is 0.338 e. The largest absolute Gasteiger partial charge is 0.454 e. The van der Waals surface area contributed by atoms with E-state index in [-0.39, 0.29) is 41.6 Å². The Hall–Kier alpha value is -3.28. The molecule has 0 spiro atoms. The summed E-state index contributed by atoms with van der Waals surface area (Å²) in [6.45, 7) is 1.72. The van der Waals surface area contributed by atoms with Gasteiger partial charge in [0.1, 0.15) is 0 Å². The van der Waals surface area contributed by atoms with Crippen LogP contribution in [0.2, 0.25) is 0 Å². The van der Waals surface area contributed by atoms with Crippen molar-refractivity contribution in [3.8, 4) is 0 Å². The second-order valence-electron chi connectivity index (χ2n) is 8.06. The first kappa shape index (κ1) is 20.0. The van der Waals surface area contributed by atoms with E-state index >= 15 is 0 Å². The molecular weight excluding hydrogens is 382 g/mol. The monoisotopic (exact) mass is 405 g/mol. The van der Waals surface area contributed by atoms with Crippen LogP contribution >= 0.6 is 0 Å². The van der Waals surface area contributed by atoms with Crippen molar-refractivity contribution in [2.45, 2.75) is 26.2 Å². The molecule has 2 aromatic carbocycles. The van der Waals surface area contributed by atoms with Crippen molar-refractivity contribution in [3.05, 3.63) is 65.7 Å². The maximum absolute atomic E-state index is 12.9. The number of ether oxygens (including phenoxy) is 1. The summed E-state index contributed by atoms with van der Waals surface area (Å²) in [5.74, 6) is -1.49. The van der Waals surface area contributed by atoms with Crippen molar-refractivity contribution >= 4 is 29.3 Å². The quantitative estimate of drug-likeness (QED) is 0.431. The van der Waals surface area contributed by atoms with Crippen molar-refractivity contribution in [1.29, 1.82) is 0 Å². The lowest BCUT2D eigenvalue weighted by molar-refractivity contribution is -0.122. The van der Waals surface area contributed by atoms with Crippen LogP contribution in [0.25, 0.3) is 0 Å². The molecule has 2 fully saturated rings. The van der Waals surface area contributed by atoms with Gasteiger partial charge in [-0.15, -0.1) is 0 Å². The van der Waals surface area contributed by atoms with E-state index < -0.39 is 5.97 Å². The number of hydrogen-bond acceptors (Lipinski definition) is 5. The number of hydrogen-bond donors (Lipinski definition) is 0. The first-order valence-corrected chi connectivity index (χ1v) is 10.2. The summed E-state index contributed by atoms with van der Waals surface area (Å²) < 4.78 is 5.15. The summed E-state index contributed by atoms with van der Waals surface area (Å²) in [6, 6.07) is 14.8. The number of carbonyl (C=O) groups excluding carboxylic acids is 4. The molecule has 0 unspecified atom stereocenters. The van der Waals surface area contributed by atoms with Crippen molar-refractivity contribution in [2.24, 2.45) is 17.8 Å². The van der Waals surface area contributed by atoms with Crippen LogP contribution in [0.5, 0.6) is 0 Å². The van der Waals surface area contributed by atoms with Gasteiger partial charge in [0, 0.05) is 5.56 Å². The SMILES string of the molecule is C[C@H]1CC[C@@H]2C(=O)N(c3cccc(C(=O)OCC(=O)c4ccccc4)c3)C(=O)[C@@H]2C1. The van der Waals surface area contributed by atoms with E-state index in [0.29, 0.717) is 17.2 Å². The molecular formula is C24H23NO5. The number of Topliss-reactive ketones (excluding diaryl/α,β-unsaturated/α-hetero) is 1. The van der Waals surface area contributed by atoms with E-state index in [2.05, 4.69) is 6.92 Å². The van der Waals surface area contributed by atoms with Gasteiger partial charge in [-0.25, -0.2) is 4.79 Å². The zero-order valence-electron chi connectivity index (χ0n) is 16.7. The Balaban J connectivity index is 1.47. The predicted octanol–water partition coefficient (Wildman–Crippen LogP) is 3.65. The minimum Gasteiger partial charge on any atom is -0.454 e. The maximum atomic E-state index is 12.9. The number of carbonyl (C=O) groups is 4. The van der Waals surface area contributed by atoms with E-state index in [9.17, 15) is 19.2 Å². The molecule has 0 N–H and O–H groups in total. The van der Waals surface area contributed by atoms with E-state index in [1.54, 1.807) is 48.5 Å². The summed E-state index contributed by atoms with van der Waals surface area (Å²) in [5.41, 5.74) is 1.03. The topological polar surface area (TPSA) is 80.8 Å². The van der Waals surface area contributed by atoms with Crippen LogP contribution in [0.3, 0.4) is 0 Å². The number of benzene rings is 2. The molecule has 0 radical (unpaired) electrons. The lowest BCUT2D eigenvalue weighted by Gasteiger charge is -2.25. The Kier molecular flexibility index (Phi) is 5.48. The summed E-state index contributed by atoms with van der Waals surface area (Å²) >= 11 is 0. The van der Waals surface area contributed by atoms with Gasteiger partial charge in [-0.1, -0.05) is 43.3 Å². The van der Waals surface area contributed by atoms with Gasteiger partial charge in [-0.2, -0.15) is 0 Å². The molecule has 30 heavy (non-hydrogen) atoms. The van der Waals surface area contributed by atoms with Gasteiger partial charge in [-0.3, -0.25) is 19.3 Å². The van der Waals surface area contributed by atoms with Crippen LogP contribution in [-0.2, 0) is 14.3 Å². The molecule has 1 aliphatic carbocycles. The highest BCUT2D eigenvalue weighted by Crippen LogP contribution is 2.42. The van der Waals surface area contributed by atoms with Gasteiger partial charge in [0.25, 0.3) is 0 Å². The molecule has 4 rings (SSSR count). The number of imide groups is 1. The van der Waals surface area contributed by atoms with Crippen LogP contribution in [0, 0.1) is 17.8 Å². The van der Waals surface area contributed by atoms with E-state index in [1.807, 2.05) is 0 Å². The average Bonchev–Trinajstić information content (AvgIpc) is 3.01. The normalized spacial score (nSPS) is 23.2. The molecule has 1 saturated carbocycles. The van der Waals surface area contributed by atoms with Gasteiger partial charge < -0.3 is 4.74 Å². The number of esters is 1. The second-order valence-corrected chi connectivity index (χ2v) is 8.06. The van der Waals surface area contributed by atoms with E-state index in [1.165, 1.54) is 11.0 Å². The lowest BCUT2D eigenvalue weighted by atomic mass is 9.76. The third-order valence-corrected chi connectivity index (χ3v) is 5.96. The van der Waals surface area contributed by atoms with Gasteiger partial charge in [0.2, 0.25) is 11.8 Å². The fraction of sp³-hybridized carbons (Fsp3) is 0.333. The molecule has 3 atom stereocenters. The van der Waals surface area contributed by atoms with Crippen LogP contribution in [0.4, 0.5) is 5.69 Å². The number of anilines is 1. The third kappa shape index (κ3) is 3.77. The molecule has 1 heterocycles. The summed E-state index contributed by atoms with van der Waals surface area (Å²) in [4.78, 5) is 51.5. The zero-order chi connectivity index (χ0) is 21.3. The number of fused-ring (bicyclic) bond motifs is 1. The molecule has 1 aliphatic heterocycles. The number of rotatable bonds is 5. The van der Waals surface area contributed by atoms with E-state index in [0.717, 1.165) is 19.3 Å². The molecule has 6 nitrogen and oxygen atoms in total. The van der Waals surface area contributed by atoms with Crippen LogP contribution in [0.1, 0.15) is 46.9 Å². The predicted molar refractivity (Wildman–Crippen MR) is 110 cm³/mol. The maximum Gasteiger partial charge on any atom is 0.338 e. The first-order valence-electron chi connectivity index (χ1n) is 10.2. The Morgan fingerprint density at radius 1 is 0.933 bits per heavy atom. The van der Waals surface area contributed by atoms with Crippen LogP contribution in [0.15, 0.2) is 54.6 Å². The van der Waals surface area contributed by atoms with Gasteiger partial charge >= 0.3 is 5.97 Å². The number of amides is 2. The van der Waals surface area contributed by atoms with Crippen LogP contribution < -0.4 is 4.90 Å². The van der Waals surface area contributed by atoms with Gasteiger partial charge in [0.05, 0.1) is 23.1 Å². The Morgan fingerprint density at radius 3 is 2.40 bits per heavy atom. The summed E-state index contributed by atoms with van der Waals surface area (Å²) in [5, 5.41) is 0. The lowest BCUT2D eigenvalue weighted by Crippen LogP contribution is -2.31. The summed E-state index contributed by atoms with van der Waals surface area (Å²) in [7, 11) is 0. The van der Waals surface area contributed by atoms with Gasteiger partial charge in [-0.05, 0) is 43.4 Å². The Morgan fingerprint density at radius 2 is 1.63 bits per heavy atom.